The second-order valence-corrected chi connectivity index (χ2v) is 6.42. The molecule has 31 heavy (non-hydrogen) atoms. The molecule has 0 radical (unpaired) electrons. The topological polar surface area (TPSA) is 139 Å². The van der Waals surface area contributed by atoms with Gasteiger partial charge in [0.05, 0.1) is 11.9 Å². The number of aryl methyl sites for hydroxylation is 1. The number of rotatable bonds is 8. The van der Waals surface area contributed by atoms with Gasteiger partial charge in [-0.3, -0.25) is 19.2 Å². The average molecular weight is 432 g/mol. The summed E-state index contributed by atoms with van der Waals surface area (Å²) in [5, 5.41) is 8.13. The normalized spacial score (nSPS) is 13.3. The summed E-state index contributed by atoms with van der Waals surface area (Å²) in [6.45, 7) is 3.64. The second-order valence-electron chi connectivity index (χ2n) is 6.42. The van der Waals surface area contributed by atoms with Crippen LogP contribution in [0.5, 0.6) is 11.5 Å². The number of hydrogen-bond acceptors (Lipinski definition) is 10. The van der Waals surface area contributed by atoms with Gasteiger partial charge in [-0.1, -0.05) is 16.3 Å². The molecule has 0 unspecified atom stereocenters. The van der Waals surface area contributed by atoms with Gasteiger partial charge in [0.25, 0.3) is 11.8 Å². The number of esters is 1. The van der Waals surface area contributed by atoms with Gasteiger partial charge in [0.1, 0.15) is 13.2 Å². The second kappa shape index (κ2) is 9.69. The van der Waals surface area contributed by atoms with Crippen molar-refractivity contribution in [2.24, 2.45) is 0 Å². The number of carbonyl (C=O) groups excluding carboxylic acids is 4. The fourth-order valence-corrected chi connectivity index (χ4v) is 2.70. The van der Waals surface area contributed by atoms with Crippen LogP contribution >= 0.6 is 0 Å². The molecule has 12 heteroatoms. The number of aromatic nitrogens is 3. The van der Waals surface area contributed by atoms with E-state index in [1.54, 1.807) is 16.9 Å². The van der Waals surface area contributed by atoms with Crippen LogP contribution in [0.2, 0.25) is 0 Å². The van der Waals surface area contributed by atoms with Crippen molar-refractivity contribution in [2.45, 2.75) is 46.4 Å². The molecule has 1 aliphatic rings. The molecule has 1 fully saturated rings. The first-order valence-corrected chi connectivity index (χ1v) is 9.39. The number of hydrogen-bond donors (Lipinski definition) is 0. The quantitative estimate of drug-likeness (QED) is 0.343. The van der Waals surface area contributed by atoms with Gasteiger partial charge in [-0.25, -0.2) is 9.48 Å². The molecule has 164 valence electrons. The Morgan fingerprint density at radius 2 is 1.84 bits per heavy atom. The number of ether oxygens (including phenoxy) is 3. The molecule has 0 bridgehead atoms. The number of carbonyl (C=O) groups is 4. The highest BCUT2D eigenvalue weighted by molar-refractivity contribution is 6.01. The van der Waals surface area contributed by atoms with Gasteiger partial charge in [0.2, 0.25) is 0 Å². The van der Waals surface area contributed by atoms with Crippen LogP contribution in [-0.2, 0) is 43.7 Å². The fraction of sp³-hybridized carbons (Fsp3) is 0.368. The van der Waals surface area contributed by atoms with Gasteiger partial charge in [-0.2, -0.15) is 0 Å². The van der Waals surface area contributed by atoms with Gasteiger partial charge in [0, 0.05) is 26.3 Å². The maximum Gasteiger partial charge on any atom is 0.534 e. The number of benzene rings is 1. The van der Waals surface area contributed by atoms with Crippen molar-refractivity contribution < 1.29 is 38.2 Å². The molecule has 2 amide bonds. The van der Waals surface area contributed by atoms with E-state index in [1.165, 1.54) is 19.1 Å². The Hall–Kier alpha value is -3.96. The van der Waals surface area contributed by atoms with Crippen LogP contribution in [0.4, 0.5) is 4.79 Å². The van der Waals surface area contributed by atoms with E-state index in [9.17, 15) is 19.2 Å². The molecule has 0 atom stereocenters. The predicted octanol–water partition coefficient (Wildman–Crippen LogP) is 1.52. The highest BCUT2D eigenvalue weighted by Gasteiger charge is 2.33. The van der Waals surface area contributed by atoms with E-state index < -0.39 is 23.9 Å². The lowest BCUT2D eigenvalue weighted by Crippen LogP contribution is -2.32. The summed E-state index contributed by atoms with van der Waals surface area (Å²) >= 11 is 0. The van der Waals surface area contributed by atoms with Crippen LogP contribution in [0, 0.1) is 0 Å². The van der Waals surface area contributed by atoms with E-state index in [1.807, 2.05) is 6.92 Å². The Labute approximate surface area is 176 Å². The van der Waals surface area contributed by atoms with E-state index in [-0.39, 0.29) is 37.6 Å². The Kier molecular flexibility index (Phi) is 6.80. The van der Waals surface area contributed by atoms with Crippen LogP contribution in [0.1, 0.15) is 37.9 Å². The summed E-state index contributed by atoms with van der Waals surface area (Å²) in [4.78, 5) is 50.8. The van der Waals surface area contributed by atoms with E-state index in [4.69, 9.17) is 14.2 Å². The first-order chi connectivity index (χ1) is 14.9. The van der Waals surface area contributed by atoms with Crippen LogP contribution in [0.15, 0.2) is 24.4 Å². The van der Waals surface area contributed by atoms with Crippen LogP contribution in [-0.4, -0.2) is 44.0 Å². The molecule has 12 nitrogen and oxygen atoms in total. The Balaban J connectivity index is 1.65. The molecule has 1 aromatic carbocycles. The molecule has 1 aliphatic heterocycles. The molecule has 0 spiro atoms. The molecule has 1 saturated heterocycles. The van der Waals surface area contributed by atoms with Crippen molar-refractivity contribution in [1.82, 2.24) is 20.1 Å². The average Bonchev–Trinajstić information content (AvgIpc) is 3.32. The summed E-state index contributed by atoms with van der Waals surface area (Å²) in [6, 6.07) is 4.57. The third-order valence-electron chi connectivity index (χ3n) is 4.16. The van der Waals surface area contributed by atoms with E-state index >= 15 is 0 Å². The number of imide groups is 1. The van der Waals surface area contributed by atoms with Crippen LogP contribution < -0.4 is 9.47 Å². The molecular formula is C19H20N4O8. The molecule has 0 saturated carbocycles. The Bertz CT molecular complexity index is 987. The largest absolute Gasteiger partial charge is 0.534 e. The first kappa shape index (κ1) is 21.7. The third kappa shape index (κ3) is 5.56. The summed E-state index contributed by atoms with van der Waals surface area (Å²) in [6.07, 6.45) is 0.320. The van der Waals surface area contributed by atoms with Crippen molar-refractivity contribution in [2.75, 3.05) is 0 Å². The molecule has 2 aromatic rings. The summed E-state index contributed by atoms with van der Waals surface area (Å²) in [5.41, 5.74) is 1.20. The minimum Gasteiger partial charge on any atom is -0.483 e. The van der Waals surface area contributed by atoms with E-state index in [0.717, 1.165) is 0 Å². The van der Waals surface area contributed by atoms with Gasteiger partial charge in [0.15, 0.2) is 11.5 Å². The lowest BCUT2D eigenvalue weighted by atomic mass is 10.2. The zero-order chi connectivity index (χ0) is 22.4. The van der Waals surface area contributed by atoms with Gasteiger partial charge in [-0.05, 0) is 24.6 Å². The Morgan fingerprint density at radius 3 is 2.52 bits per heavy atom. The van der Waals surface area contributed by atoms with Gasteiger partial charge < -0.3 is 14.2 Å². The lowest BCUT2D eigenvalue weighted by Gasteiger charge is -2.14. The minimum atomic E-state index is -1.20. The molecule has 1 aromatic heterocycles. The van der Waals surface area contributed by atoms with Gasteiger partial charge >= 0.3 is 12.1 Å². The number of amides is 2. The predicted molar refractivity (Wildman–Crippen MR) is 100 cm³/mol. The highest BCUT2D eigenvalue weighted by atomic mass is 16.8. The summed E-state index contributed by atoms with van der Waals surface area (Å²) in [7, 11) is 0. The minimum absolute atomic E-state index is 0.0170. The molecular weight excluding hydrogens is 412 g/mol. The maximum atomic E-state index is 11.8. The third-order valence-corrected chi connectivity index (χ3v) is 4.16. The van der Waals surface area contributed by atoms with Crippen molar-refractivity contribution in [3.8, 4) is 11.5 Å². The SMILES string of the molecule is CCn1nncc1COc1cc(COC(=O)ON2C(=O)CCC2=O)ccc1OC(C)=O. The first-order valence-electron chi connectivity index (χ1n) is 9.39. The highest BCUT2D eigenvalue weighted by Crippen LogP contribution is 2.30. The zero-order valence-electron chi connectivity index (χ0n) is 16.9. The zero-order valence-corrected chi connectivity index (χ0v) is 16.9. The smallest absolute Gasteiger partial charge is 0.483 e. The van der Waals surface area contributed by atoms with Gasteiger partial charge in [-0.15, -0.1) is 5.10 Å². The lowest BCUT2D eigenvalue weighted by molar-refractivity contribution is -0.177. The Morgan fingerprint density at radius 1 is 1.10 bits per heavy atom. The molecule has 2 heterocycles. The van der Waals surface area contributed by atoms with Crippen molar-refractivity contribution in [3.05, 3.63) is 35.7 Å². The van der Waals surface area contributed by atoms with Crippen molar-refractivity contribution in [1.29, 1.82) is 0 Å². The molecule has 3 rings (SSSR count). The van der Waals surface area contributed by atoms with Crippen molar-refractivity contribution >= 4 is 23.9 Å². The number of nitrogens with zero attached hydrogens (tertiary/aromatic N) is 4. The fourth-order valence-electron chi connectivity index (χ4n) is 2.70. The summed E-state index contributed by atoms with van der Waals surface area (Å²) < 4.78 is 17.5. The maximum absolute atomic E-state index is 11.8. The van der Waals surface area contributed by atoms with Crippen LogP contribution in [0.3, 0.4) is 0 Å². The monoisotopic (exact) mass is 432 g/mol. The molecule has 0 N–H and O–H groups in total. The summed E-state index contributed by atoms with van der Waals surface area (Å²) in [5.74, 6) is -1.33. The van der Waals surface area contributed by atoms with E-state index in [2.05, 4.69) is 15.1 Å². The number of hydroxylamine groups is 2. The van der Waals surface area contributed by atoms with Crippen molar-refractivity contribution in [3.63, 3.8) is 0 Å². The standard InChI is InChI=1S/C19H20N4O8/c1-3-22-14(9-20-21-22)11-28-16-8-13(4-5-15(16)30-12(2)24)10-29-19(27)31-23-17(25)6-7-18(23)26/h4-5,8-9H,3,6-7,10-11H2,1-2H3. The van der Waals surface area contributed by atoms with Crippen LogP contribution in [0.25, 0.3) is 0 Å². The molecule has 0 aliphatic carbocycles. The van der Waals surface area contributed by atoms with E-state index in [0.29, 0.717) is 22.9 Å².